The van der Waals surface area contributed by atoms with E-state index in [9.17, 15) is 18.0 Å². The molecule has 6 nitrogen and oxygen atoms in total. The number of carbonyl (C=O) groups excluding carboxylic acids is 1. The van der Waals surface area contributed by atoms with Crippen LogP contribution in [0.1, 0.15) is 12.1 Å². The highest BCUT2D eigenvalue weighted by Gasteiger charge is 2.44. The third kappa shape index (κ3) is 3.45. The lowest BCUT2D eigenvalue weighted by molar-refractivity contribution is -0.310. The molecule has 0 saturated heterocycles. The molecular weight excluding hydrogens is 369 g/mol. The minimum absolute atomic E-state index is 0.0121. The summed E-state index contributed by atoms with van der Waals surface area (Å²) in [5, 5.41) is 7.45. The number of alkyl halides is 3. The van der Waals surface area contributed by atoms with Crippen LogP contribution in [0.3, 0.4) is 0 Å². The number of rotatable bonds is 3. The van der Waals surface area contributed by atoms with Crippen molar-refractivity contribution in [3.05, 3.63) is 45.9 Å². The number of ether oxygens (including phenoxy) is 1. The number of aromatic nitrogens is 2. The van der Waals surface area contributed by atoms with Crippen molar-refractivity contribution in [2.75, 3.05) is 0 Å². The predicted octanol–water partition coefficient (Wildman–Crippen LogP) is 1.63. The molecule has 1 aromatic rings. The van der Waals surface area contributed by atoms with Gasteiger partial charge >= 0.3 is 6.36 Å². The third-order valence-corrected chi connectivity index (χ3v) is 3.40. The summed E-state index contributed by atoms with van der Waals surface area (Å²) < 4.78 is 42.0. The molecule has 1 unspecified atom stereocenters. The lowest BCUT2D eigenvalue weighted by Gasteiger charge is -2.33. The van der Waals surface area contributed by atoms with Crippen LogP contribution in [0.15, 0.2) is 40.2 Å². The van der Waals surface area contributed by atoms with Crippen LogP contribution in [0.5, 0.6) is 0 Å². The van der Waals surface area contributed by atoms with Gasteiger partial charge in [-0.15, -0.1) is 18.3 Å². The minimum Gasteiger partial charge on any atom is -0.408 e. The maximum Gasteiger partial charge on any atom is 0.572 e. The van der Waals surface area contributed by atoms with Crippen molar-refractivity contribution in [1.82, 2.24) is 10.2 Å². The molecule has 0 saturated carbocycles. The Morgan fingerprint density at radius 2 is 2.00 bits per heavy atom. The van der Waals surface area contributed by atoms with E-state index in [2.05, 4.69) is 30.9 Å². The first-order valence-electron chi connectivity index (χ1n) is 5.87. The largest absolute Gasteiger partial charge is 0.572 e. The highest BCUT2D eigenvalue weighted by Crippen LogP contribution is 2.39. The highest BCUT2D eigenvalue weighted by atomic mass is 79.9. The quantitative estimate of drug-likeness (QED) is 0.831. The summed E-state index contributed by atoms with van der Waals surface area (Å²) in [6.07, 6.45) is -3.13. The van der Waals surface area contributed by atoms with Gasteiger partial charge in [0.1, 0.15) is 15.9 Å². The van der Waals surface area contributed by atoms with Crippen molar-refractivity contribution in [3.63, 3.8) is 0 Å². The molecule has 1 atom stereocenters. The van der Waals surface area contributed by atoms with Crippen molar-refractivity contribution in [3.8, 4) is 0 Å². The standard InChI is InChI=1S/C12H10BrF3N4O2/c13-9-4-2-7(19-20-9)11(18)5-6(10(17)21)1-3-8(11)22-12(14,15)16/h1-4H,5,18H2,(H2,17,21). The lowest BCUT2D eigenvalue weighted by atomic mass is 9.82. The fraction of sp³-hybridized carbons (Fsp3) is 0.250. The second-order valence-corrected chi connectivity index (χ2v) is 5.34. The molecule has 0 aromatic carbocycles. The summed E-state index contributed by atoms with van der Waals surface area (Å²) in [6, 6.07) is 2.85. The second kappa shape index (κ2) is 5.69. The SMILES string of the molecule is NC(=O)C1=CC=C(OC(F)(F)F)C(N)(c2ccc(Br)nn2)C1. The molecule has 4 N–H and O–H groups in total. The fourth-order valence-corrected chi connectivity index (χ4v) is 2.17. The first-order valence-corrected chi connectivity index (χ1v) is 6.66. The van der Waals surface area contributed by atoms with Gasteiger partial charge in [-0.25, -0.2) is 0 Å². The number of hydrogen-bond donors (Lipinski definition) is 2. The molecule has 2 rings (SSSR count). The van der Waals surface area contributed by atoms with E-state index in [-0.39, 0.29) is 17.7 Å². The van der Waals surface area contributed by atoms with Gasteiger partial charge in [-0.05, 0) is 34.1 Å². The van der Waals surface area contributed by atoms with Crippen molar-refractivity contribution in [2.24, 2.45) is 11.5 Å². The average Bonchev–Trinajstić information content (AvgIpc) is 2.40. The highest BCUT2D eigenvalue weighted by molar-refractivity contribution is 9.10. The Balaban J connectivity index is 2.49. The van der Waals surface area contributed by atoms with E-state index >= 15 is 0 Å². The number of nitrogens with zero attached hydrogens (tertiary/aromatic N) is 2. The summed E-state index contributed by atoms with van der Waals surface area (Å²) in [4.78, 5) is 11.3. The van der Waals surface area contributed by atoms with Crippen LogP contribution in [-0.2, 0) is 15.1 Å². The summed E-state index contributed by atoms with van der Waals surface area (Å²) >= 11 is 3.06. The number of halogens is 4. The Kier molecular flexibility index (Phi) is 4.25. The zero-order valence-electron chi connectivity index (χ0n) is 10.9. The molecule has 118 valence electrons. The van der Waals surface area contributed by atoms with E-state index in [0.717, 1.165) is 12.2 Å². The number of carbonyl (C=O) groups is 1. The summed E-state index contributed by atoms with van der Waals surface area (Å²) in [5.74, 6) is -1.39. The summed E-state index contributed by atoms with van der Waals surface area (Å²) in [5.41, 5.74) is 9.48. The van der Waals surface area contributed by atoms with Crippen molar-refractivity contribution >= 4 is 21.8 Å². The number of hydrogen-bond acceptors (Lipinski definition) is 5. The van der Waals surface area contributed by atoms with Crippen molar-refractivity contribution < 1.29 is 22.7 Å². The molecule has 0 spiro atoms. The van der Waals surface area contributed by atoms with Crippen LogP contribution in [0.2, 0.25) is 0 Å². The maximum atomic E-state index is 12.5. The van der Waals surface area contributed by atoms with Gasteiger partial charge < -0.3 is 16.2 Å². The van der Waals surface area contributed by atoms with Crippen LogP contribution in [-0.4, -0.2) is 22.5 Å². The van der Waals surface area contributed by atoms with E-state index in [1.54, 1.807) is 0 Å². The van der Waals surface area contributed by atoms with Crippen LogP contribution >= 0.6 is 15.9 Å². The summed E-state index contributed by atoms with van der Waals surface area (Å²) in [7, 11) is 0. The molecule has 10 heteroatoms. The van der Waals surface area contributed by atoms with Gasteiger partial charge in [0.25, 0.3) is 0 Å². The molecule has 1 heterocycles. The number of amides is 1. The molecule has 1 aliphatic rings. The molecular formula is C12H10BrF3N4O2. The zero-order valence-corrected chi connectivity index (χ0v) is 12.5. The Labute approximate surface area is 131 Å². The maximum absolute atomic E-state index is 12.5. The Morgan fingerprint density at radius 1 is 1.32 bits per heavy atom. The molecule has 0 aliphatic heterocycles. The van der Waals surface area contributed by atoms with Gasteiger partial charge in [0.15, 0.2) is 0 Å². The van der Waals surface area contributed by atoms with Crippen LogP contribution in [0.4, 0.5) is 13.2 Å². The molecule has 0 radical (unpaired) electrons. The first kappa shape index (κ1) is 16.4. The van der Waals surface area contributed by atoms with Gasteiger partial charge in [0, 0.05) is 12.0 Å². The van der Waals surface area contributed by atoms with E-state index in [1.165, 1.54) is 12.1 Å². The lowest BCUT2D eigenvalue weighted by Crippen LogP contribution is -2.45. The van der Waals surface area contributed by atoms with E-state index in [4.69, 9.17) is 11.5 Å². The van der Waals surface area contributed by atoms with Gasteiger partial charge in [0.2, 0.25) is 5.91 Å². The van der Waals surface area contributed by atoms with E-state index in [1.807, 2.05) is 0 Å². The summed E-state index contributed by atoms with van der Waals surface area (Å²) in [6.45, 7) is 0. The number of nitrogens with two attached hydrogens (primary N) is 2. The topological polar surface area (TPSA) is 104 Å². The Morgan fingerprint density at radius 3 is 2.50 bits per heavy atom. The molecule has 1 amide bonds. The van der Waals surface area contributed by atoms with E-state index < -0.39 is 23.6 Å². The molecule has 1 aliphatic carbocycles. The molecule has 0 fully saturated rings. The van der Waals surface area contributed by atoms with E-state index in [0.29, 0.717) is 4.60 Å². The predicted molar refractivity (Wildman–Crippen MR) is 72.7 cm³/mol. The van der Waals surface area contributed by atoms with Gasteiger partial charge in [-0.3, -0.25) is 4.79 Å². The zero-order chi connectivity index (χ0) is 16.5. The Hall–Kier alpha value is -1.94. The monoisotopic (exact) mass is 378 g/mol. The van der Waals surface area contributed by atoms with Crippen LogP contribution in [0, 0.1) is 0 Å². The van der Waals surface area contributed by atoms with Gasteiger partial charge in [-0.2, -0.15) is 5.10 Å². The number of primary amides is 1. The molecule has 0 bridgehead atoms. The second-order valence-electron chi connectivity index (χ2n) is 4.52. The van der Waals surface area contributed by atoms with Crippen LogP contribution in [0.25, 0.3) is 0 Å². The normalized spacial score (nSPS) is 21.9. The first-order chi connectivity index (χ1) is 10.1. The minimum atomic E-state index is -4.93. The van der Waals surface area contributed by atoms with Crippen molar-refractivity contribution in [2.45, 2.75) is 18.3 Å². The third-order valence-electron chi connectivity index (χ3n) is 2.98. The smallest absolute Gasteiger partial charge is 0.408 e. The molecule has 1 aromatic heterocycles. The van der Waals surface area contributed by atoms with Crippen LogP contribution < -0.4 is 11.5 Å². The van der Waals surface area contributed by atoms with Gasteiger partial charge in [0.05, 0.1) is 5.69 Å². The van der Waals surface area contributed by atoms with Crippen molar-refractivity contribution in [1.29, 1.82) is 0 Å². The Bertz CT molecular complexity index is 657. The number of allylic oxidation sites excluding steroid dienone is 2. The average molecular weight is 379 g/mol. The molecule has 22 heavy (non-hydrogen) atoms. The fourth-order valence-electron chi connectivity index (χ4n) is 1.96. The van der Waals surface area contributed by atoms with Gasteiger partial charge in [-0.1, -0.05) is 6.08 Å².